The number of nitrogens with one attached hydrogen (secondary N) is 1. The Bertz CT molecular complexity index is 421. The molecule has 1 N–H and O–H groups in total. The fourth-order valence-electron chi connectivity index (χ4n) is 1.55. The molecular formula is C14H19NO5. The van der Waals surface area contributed by atoms with E-state index in [0.29, 0.717) is 5.75 Å². The van der Waals surface area contributed by atoms with E-state index in [0.717, 1.165) is 0 Å². The van der Waals surface area contributed by atoms with Gasteiger partial charge >= 0.3 is 11.9 Å². The minimum Gasteiger partial charge on any atom is -0.478 e. The molecule has 1 unspecified atom stereocenters. The average Bonchev–Trinajstić information content (AvgIpc) is 2.50. The second kappa shape index (κ2) is 8.92. The number of hydrogen-bond acceptors (Lipinski definition) is 6. The third-order valence-corrected chi connectivity index (χ3v) is 2.66. The smallest absolute Gasteiger partial charge is 0.322 e. The van der Waals surface area contributed by atoms with Gasteiger partial charge in [0.15, 0.2) is 0 Å². The molecule has 0 radical (unpaired) electrons. The van der Waals surface area contributed by atoms with Gasteiger partial charge in [0.05, 0.1) is 14.2 Å². The van der Waals surface area contributed by atoms with E-state index in [1.54, 1.807) is 0 Å². The molecule has 0 aliphatic heterocycles. The van der Waals surface area contributed by atoms with Crippen LogP contribution in [0.4, 0.5) is 0 Å². The topological polar surface area (TPSA) is 73.9 Å². The van der Waals surface area contributed by atoms with Gasteiger partial charge in [-0.25, -0.2) is 0 Å². The lowest BCUT2D eigenvalue weighted by Crippen LogP contribution is -2.40. The first-order chi connectivity index (χ1) is 9.67. The van der Waals surface area contributed by atoms with Gasteiger partial charge in [0, 0.05) is 6.42 Å². The summed E-state index contributed by atoms with van der Waals surface area (Å²) in [5.74, 6) is -0.119. The Kier molecular flexibility index (Phi) is 7.13. The minimum absolute atomic E-state index is 0.134. The van der Waals surface area contributed by atoms with Crippen molar-refractivity contribution in [3.05, 3.63) is 30.3 Å². The lowest BCUT2D eigenvalue weighted by Gasteiger charge is -2.16. The van der Waals surface area contributed by atoms with Crippen LogP contribution in [-0.2, 0) is 19.1 Å². The first-order valence-electron chi connectivity index (χ1n) is 6.23. The fourth-order valence-corrected chi connectivity index (χ4v) is 1.55. The maximum atomic E-state index is 11.6. The lowest BCUT2D eigenvalue weighted by molar-refractivity contribution is -0.144. The Morgan fingerprint density at radius 3 is 2.45 bits per heavy atom. The molecule has 1 aromatic carbocycles. The number of carbonyl (C=O) groups excluding carboxylic acids is 2. The standard InChI is InChI=1S/C14H19NO5/c1-18-13(16)9-8-12(14(17)19-2)15-10-20-11-6-4-3-5-7-11/h3-7,12,15H,8-10H2,1-2H3. The Balaban J connectivity index is 2.40. The third kappa shape index (κ3) is 5.71. The van der Waals surface area contributed by atoms with Crippen LogP contribution in [-0.4, -0.2) is 38.9 Å². The van der Waals surface area contributed by atoms with Gasteiger partial charge in [0.1, 0.15) is 18.5 Å². The van der Waals surface area contributed by atoms with Crippen molar-refractivity contribution < 1.29 is 23.8 Å². The van der Waals surface area contributed by atoms with Gasteiger partial charge in [0.25, 0.3) is 0 Å². The van der Waals surface area contributed by atoms with Crippen LogP contribution >= 0.6 is 0 Å². The van der Waals surface area contributed by atoms with Gasteiger partial charge in [-0.2, -0.15) is 0 Å². The first kappa shape index (κ1) is 16.0. The number of hydrogen-bond donors (Lipinski definition) is 1. The largest absolute Gasteiger partial charge is 0.478 e. The zero-order valence-corrected chi connectivity index (χ0v) is 11.6. The van der Waals surface area contributed by atoms with Crippen molar-refractivity contribution in [1.29, 1.82) is 0 Å². The predicted molar refractivity (Wildman–Crippen MR) is 72.1 cm³/mol. The Hall–Kier alpha value is -2.08. The van der Waals surface area contributed by atoms with E-state index in [4.69, 9.17) is 4.74 Å². The van der Waals surface area contributed by atoms with Gasteiger partial charge < -0.3 is 14.2 Å². The van der Waals surface area contributed by atoms with Crippen LogP contribution in [0, 0.1) is 0 Å². The number of benzene rings is 1. The molecule has 0 bridgehead atoms. The zero-order chi connectivity index (χ0) is 14.8. The summed E-state index contributed by atoms with van der Waals surface area (Å²) in [6.45, 7) is 0.144. The summed E-state index contributed by atoms with van der Waals surface area (Å²) in [4.78, 5) is 22.7. The van der Waals surface area contributed by atoms with Crippen LogP contribution in [0.2, 0.25) is 0 Å². The summed E-state index contributed by atoms with van der Waals surface area (Å²) in [6, 6.07) is 8.60. The highest BCUT2D eigenvalue weighted by Gasteiger charge is 2.20. The van der Waals surface area contributed by atoms with E-state index in [2.05, 4.69) is 14.8 Å². The quantitative estimate of drug-likeness (QED) is 0.568. The van der Waals surface area contributed by atoms with Crippen molar-refractivity contribution in [2.45, 2.75) is 18.9 Å². The highest BCUT2D eigenvalue weighted by Crippen LogP contribution is 2.08. The van der Waals surface area contributed by atoms with E-state index < -0.39 is 12.0 Å². The molecule has 1 atom stereocenters. The second-order valence-electron chi connectivity index (χ2n) is 4.00. The summed E-state index contributed by atoms with van der Waals surface area (Å²) in [5.41, 5.74) is 0. The number of carbonyl (C=O) groups is 2. The molecule has 0 amide bonds. The monoisotopic (exact) mass is 281 g/mol. The van der Waals surface area contributed by atoms with Crippen molar-refractivity contribution in [1.82, 2.24) is 5.32 Å². The van der Waals surface area contributed by atoms with Crippen LogP contribution in [0.3, 0.4) is 0 Å². The Labute approximate surface area is 118 Å². The number of para-hydroxylation sites is 1. The summed E-state index contributed by atoms with van der Waals surface area (Å²) in [5, 5.41) is 2.89. The van der Waals surface area contributed by atoms with Crippen molar-refractivity contribution >= 4 is 11.9 Å². The van der Waals surface area contributed by atoms with E-state index in [-0.39, 0.29) is 25.5 Å². The maximum absolute atomic E-state index is 11.6. The highest BCUT2D eigenvalue weighted by molar-refractivity contribution is 5.77. The van der Waals surface area contributed by atoms with Gasteiger partial charge in [-0.3, -0.25) is 14.9 Å². The summed E-state index contributed by atoms with van der Waals surface area (Å²) in [6.07, 6.45) is 0.423. The fraction of sp³-hybridized carbons (Fsp3) is 0.429. The molecule has 1 aromatic rings. The van der Waals surface area contributed by atoms with Gasteiger partial charge in [-0.15, -0.1) is 0 Å². The SMILES string of the molecule is COC(=O)CCC(NCOc1ccccc1)C(=O)OC. The average molecular weight is 281 g/mol. The van der Waals surface area contributed by atoms with Crippen LogP contribution in [0.1, 0.15) is 12.8 Å². The molecule has 0 saturated heterocycles. The summed E-state index contributed by atoms with van der Waals surface area (Å²) >= 11 is 0. The number of ether oxygens (including phenoxy) is 3. The van der Waals surface area contributed by atoms with Crippen LogP contribution < -0.4 is 10.1 Å². The van der Waals surface area contributed by atoms with Gasteiger partial charge in [-0.05, 0) is 18.6 Å². The molecular weight excluding hydrogens is 262 g/mol. The molecule has 0 saturated carbocycles. The molecule has 0 fully saturated rings. The van der Waals surface area contributed by atoms with Crippen LogP contribution in [0.25, 0.3) is 0 Å². The minimum atomic E-state index is -0.609. The lowest BCUT2D eigenvalue weighted by atomic mass is 10.1. The molecule has 0 spiro atoms. The van der Waals surface area contributed by atoms with E-state index in [1.165, 1.54) is 14.2 Å². The van der Waals surface area contributed by atoms with Crippen LogP contribution in [0.15, 0.2) is 30.3 Å². The third-order valence-electron chi connectivity index (χ3n) is 2.66. The molecule has 20 heavy (non-hydrogen) atoms. The molecule has 0 aliphatic carbocycles. The first-order valence-corrected chi connectivity index (χ1v) is 6.23. The van der Waals surface area contributed by atoms with E-state index in [9.17, 15) is 9.59 Å². The van der Waals surface area contributed by atoms with Crippen molar-refractivity contribution in [2.24, 2.45) is 0 Å². The normalized spacial score (nSPS) is 11.5. The predicted octanol–water partition coefficient (Wildman–Crippen LogP) is 1.11. The van der Waals surface area contributed by atoms with Crippen molar-refractivity contribution in [3.63, 3.8) is 0 Å². The molecule has 1 rings (SSSR count). The second-order valence-corrected chi connectivity index (χ2v) is 4.00. The van der Waals surface area contributed by atoms with Crippen molar-refractivity contribution in [2.75, 3.05) is 21.0 Å². The molecule has 0 aliphatic rings. The maximum Gasteiger partial charge on any atom is 0.322 e. The highest BCUT2D eigenvalue weighted by atomic mass is 16.5. The van der Waals surface area contributed by atoms with Crippen LogP contribution in [0.5, 0.6) is 5.75 Å². The molecule has 0 aromatic heterocycles. The zero-order valence-electron chi connectivity index (χ0n) is 11.6. The summed E-state index contributed by atoms with van der Waals surface area (Å²) in [7, 11) is 2.61. The van der Waals surface area contributed by atoms with Crippen molar-refractivity contribution in [3.8, 4) is 5.75 Å². The summed E-state index contributed by atoms with van der Waals surface area (Å²) < 4.78 is 14.6. The van der Waals surface area contributed by atoms with E-state index in [1.807, 2.05) is 30.3 Å². The number of methoxy groups -OCH3 is 2. The number of rotatable bonds is 8. The number of esters is 2. The van der Waals surface area contributed by atoms with E-state index >= 15 is 0 Å². The molecule has 110 valence electrons. The Morgan fingerprint density at radius 2 is 1.85 bits per heavy atom. The Morgan fingerprint density at radius 1 is 1.15 bits per heavy atom. The molecule has 0 heterocycles. The van der Waals surface area contributed by atoms with Gasteiger partial charge in [0.2, 0.25) is 0 Å². The molecule has 6 heteroatoms. The molecule has 6 nitrogen and oxygen atoms in total. The van der Waals surface area contributed by atoms with Gasteiger partial charge in [-0.1, -0.05) is 18.2 Å².